The molecule has 10 nitrogen and oxygen atoms in total. The highest BCUT2D eigenvalue weighted by atomic mass is 16.1. The third-order valence-electron chi connectivity index (χ3n) is 3.82. The number of nitrogens with zero attached hydrogens (tertiary/aromatic N) is 6. The van der Waals surface area contributed by atoms with Gasteiger partial charge in [-0.25, -0.2) is 9.97 Å². The van der Waals surface area contributed by atoms with E-state index in [1.165, 1.54) is 0 Å². The standard InChI is InChI=1S/C15H15N9O/c1-3-24-10(4-7(2)23-24)14-19-15(22-21-14)12-11-8(6-17-20-11)5-9(18-12)13(16)25/h4-6H,3H2,1-2H3,(H2,16,25)(H,17,20)(H,19,21,22). The number of carbonyl (C=O) groups is 1. The van der Waals surface area contributed by atoms with Gasteiger partial charge in [0.1, 0.15) is 17.1 Å². The smallest absolute Gasteiger partial charge is 0.267 e. The SMILES string of the molecule is CCn1nc(C)cc1-c1n[nH]c(-c2nc(C(N)=O)cc3cn[nH]c23)n1. The molecule has 0 atom stereocenters. The van der Waals surface area contributed by atoms with Gasteiger partial charge in [0, 0.05) is 11.9 Å². The van der Waals surface area contributed by atoms with Crippen LogP contribution in [0.4, 0.5) is 0 Å². The van der Waals surface area contributed by atoms with E-state index in [-0.39, 0.29) is 5.69 Å². The number of H-pyrrole nitrogens is 2. The maximum atomic E-state index is 11.5. The van der Waals surface area contributed by atoms with Crippen molar-refractivity contribution in [2.45, 2.75) is 20.4 Å². The third kappa shape index (κ3) is 2.43. The first-order valence-electron chi connectivity index (χ1n) is 7.68. The van der Waals surface area contributed by atoms with Gasteiger partial charge in [-0.15, -0.1) is 0 Å². The summed E-state index contributed by atoms with van der Waals surface area (Å²) in [5.74, 6) is 0.286. The summed E-state index contributed by atoms with van der Waals surface area (Å²) in [5, 5.41) is 19.1. The van der Waals surface area contributed by atoms with Crippen LogP contribution in [0.25, 0.3) is 33.9 Å². The molecule has 0 fully saturated rings. The topological polar surface area (TPSA) is 144 Å². The first-order valence-corrected chi connectivity index (χ1v) is 7.68. The number of pyridine rings is 1. The minimum Gasteiger partial charge on any atom is -0.364 e. The summed E-state index contributed by atoms with van der Waals surface area (Å²) in [6.45, 7) is 4.61. The number of fused-ring (bicyclic) bond motifs is 1. The van der Waals surface area contributed by atoms with Gasteiger partial charge in [-0.05, 0) is 26.0 Å². The van der Waals surface area contributed by atoms with Crippen molar-refractivity contribution >= 4 is 16.8 Å². The molecule has 4 rings (SSSR count). The predicted molar refractivity (Wildman–Crippen MR) is 89.4 cm³/mol. The van der Waals surface area contributed by atoms with Crippen LogP contribution >= 0.6 is 0 Å². The molecule has 0 aliphatic heterocycles. The molecule has 0 saturated carbocycles. The highest BCUT2D eigenvalue weighted by molar-refractivity contribution is 5.98. The highest BCUT2D eigenvalue weighted by Crippen LogP contribution is 2.25. The number of amides is 1. The molecule has 0 bridgehead atoms. The van der Waals surface area contributed by atoms with E-state index >= 15 is 0 Å². The van der Waals surface area contributed by atoms with Crippen LogP contribution in [0.15, 0.2) is 18.3 Å². The molecule has 0 aliphatic rings. The molecule has 0 radical (unpaired) electrons. The minimum absolute atomic E-state index is 0.135. The van der Waals surface area contributed by atoms with Crippen LogP contribution in [0.5, 0.6) is 0 Å². The van der Waals surface area contributed by atoms with E-state index < -0.39 is 5.91 Å². The van der Waals surface area contributed by atoms with Gasteiger partial charge < -0.3 is 5.73 Å². The number of carbonyl (C=O) groups excluding carboxylic acids is 1. The predicted octanol–water partition coefficient (Wildman–Crippen LogP) is 1.03. The number of aromatic nitrogens is 8. The molecule has 4 heterocycles. The molecule has 0 unspecified atom stereocenters. The number of primary amides is 1. The summed E-state index contributed by atoms with van der Waals surface area (Å²) >= 11 is 0. The molecule has 0 aromatic carbocycles. The van der Waals surface area contributed by atoms with Gasteiger partial charge in [0.05, 0.1) is 17.4 Å². The molecule has 126 valence electrons. The van der Waals surface area contributed by atoms with E-state index in [1.54, 1.807) is 12.3 Å². The first kappa shape index (κ1) is 15.0. The van der Waals surface area contributed by atoms with E-state index in [2.05, 4.69) is 35.5 Å². The molecule has 0 spiro atoms. The molecule has 25 heavy (non-hydrogen) atoms. The molecular formula is C15H15N9O. The van der Waals surface area contributed by atoms with Crippen LogP contribution in [-0.4, -0.2) is 46.1 Å². The lowest BCUT2D eigenvalue weighted by molar-refractivity contribution is 0.0996. The number of aromatic amines is 2. The summed E-state index contributed by atoms with van der Waals surface area (Å²) in [7, 11) is 0. The molecule has 0 aliphatic carbocycles. The van der Waals surface area contributed by atoms with Crippen molar-refractivity contribution in [2.75, 3.05) is 0 Å². The Balaban J connectivity index is 1.86. The van der Waals surface area contributed by atoms with Crippen LogP contribution in [0.2, 0.25) is 0 Å². The Morgan fingerprint density at radius 2 is 2.12 bits per heavy atom. The fourth-order valence-electron chi connectivity index (χ4n) is 2.70. The Kier molecular flexibility index (Phi) is 3.31. The van der Waals surface area contributed by atoms with Crippen molar-refractivity contribution in [3.05, 3.63) is 29.7 Å². The Morgan fingerprint density at radius 1 is 1.28 bits per heavy atom. The van der Waals surface area contributed by atoms with E-state index in [1.807, 2.05) is 24.6 Å². The second-order valence-electron chi connectivity index (χ2n) is 5.55. The van der Waals surface area contributed by atoms with Gasteiger partial charge in [0.15, 0.2) is 11.6 Å². The highest BCUT2D eigenvalue weighted by Gasteiger charge is 2.18. The van der Waals surface area contributed by atoms with Gasteiger partial charge in [-0.3, -0.25) is 19.7 Å². The zero-order chi connectivity index (χ0) is 17.6. The van der Waals surface area contributed by atoms with Crippen LogP contribution in [0.1, 0.15) is 23.1 Å². The van der Waals surface area contributed by atoms with Gasteiger partial charge in [0.25, 0.3) is 5.91 Å². The van der Waals surface area contributed by atoms with Gasteiger partial charge in [-0.2, -0.15) is 15.3 Å². The molecule has 4 aromatic heterocycles. The van der Waals surface area contributed by atoms with Crippen molar-refractivity contribution in [3.8, 4) is 23.0 Å². The molecule has 1 amide bonds. The number of rotatable bonds is 4. The largest absolute Gasteiger partial charge is 0.364 e. The van der Waals surface area contributed by atoms with E-state index in [9.17, 15) is 4.79 Å². The average Bonchev–Trinajstić information content (AvgIpc) is 3.32. The Labute approximate surface area is 141 Å². The number of nitrogens with two attached hydrogens (primary N) is 1. The average molecular weight is 337 g/mol. The lowest BCUT2D eigenvalue weighted by atomic mass is 10.2. The lowest BCUT2D eigenvalue weighted by Gasteiger charge is -2.01. The maximum Gasteiger partial charge on any atom is 0.267 e. The molecule has 4 N–H and O–H groups in total. The van der Waals surface area contributed by atoms with Crippen molar-refractivity contribution in [1.29, 1.82) is 0 Å². The summed E-state index contributed by atoms with van der Waals surface area (Å²) < 4.78 is 1.82. The van der Waals surface area contributed by atoms with Crippen LogP contribution in [-0.2, 0) is 6.54 Å². The van der Waals surface area contributed by atoms with Crippen LogP contribution in [0.3, 0.4) is 0 Å². The maximum absolute atomic E-state index is 11.5. The van der Waals surface area contributed by atoms with Gasteiger partial charge >= 0.3 is 0 Å². The molecule has 4 aromatic rings. The Bertz CT molecular complexity index is 1090. The second-order valence-corrected chi connectivity index (χ2v) is 5.55. The monoisotopic (exact) mass is 337 g/mol. The molecule has 10 heteroatoms. The minimum atomic E-state index is -0.622. The fourth-order valence-corrected chi connectivity index (χ4v) is 2.70. The zero-order valence-electron chi connectivity index (χ0n) is 13.6. The van der Waals surface area contributed by atoms with E-state index in [0.717, 1.165) is 11.4 Å². The van der Waals surface area contributed by atoms with Crippen molar-refractivity contribution in [3.63, 3.8) is 0 Å². The Morgan fingerprint density at radius 3 is 2.88 bits per heavy atom. The van der Waals surface area contributed by atoms with Gasteiger partial charge in [0.2, 0.25) is 0 Å². The lowest BCUT2D eigenvalue weighted by Crippen LogP contribution is -2.13. The van der Waals surface area contributed by atoms with E-state index in [4.69, 9.17) is 5.73 Å². The number of nitrogens with one attached hydrogen (secondary N) is 2. The van der Waals surface area contributed by atoms with Crippen molar-refractivity contribution in [1.82, 2.24) is 40.1 Å². The summed E-state index contributed by atoms with van der Waals surface area (Å²) in [6, 6.07) is 3.49. The first-order chi connectivity index (χ1) is 12.1. The third-order valence-corrected chi connectivity index (χ3v) is 3.82. The number of hydrogen-bond donors (Lipinski definition) is 3. The summed E-state index contributed by atoms with van der Waals surface area (Å²) in [5.41, 5.74) is 8.26. The Hall–Kier alpha value is -3.56. The van der Waals surface area contributed by atoms with Crippen LogP contribution in [0, 0.1) is 6.92 Å². The van der Waals surface area contributed by atoms with Crippen molar-refractivity contribution < 1.29 is 4.79 Å². The number of aryl methyl sites for hydroxylation is 2. The molecular weight excluding hydrogens is 322 g/mol. The van der Waals surface area contributed by atoms with E-state index in [0.29, 0.717) is 34.8 Å². The zero-order valence-corrected chi connectivity index (χ0v) is 13.6. The van der Waals surface area contributed by atoms with Crippen LogP contribution < -0.4 is 5.73 Å². The number of hydrogen-bond acceptors (Lipinski definition) is 6. The second kappa shape index (κ2) is 5.51. The normalized spacial score (nSPS) is 11.3. The quantitative estimate of drug-likeness (QED) is 0.507. The van der Waals surface area contributed by atoms with Gasteiger partial charge in [-0.1, -0.05) is 0 Å². The summed E-state index contributed by atoms with van der Waals surface area (Å²) in [6.07, 6.45) is 1.60. The van der Waals surface area contributed by atoms with Crippen molar-refractivity contribution in [2.24, 2.45) is 5.73 Å². The molecule has 0 saturated heterocycles. The summed E-state index contributed by atoms with van der Waals surface area (Å²) in [4.78, 5) is 20.3. The fraction of sp³-hybridized carbons (Fsp3) is 0.200.